The van der Waals surface area contributed by atoms with Crippen molar-refractivity contribution >= 4 is 23.1 Å². The molecule has 1 aliphatic carbocycles. The lowest BCUT2D eigenvalue weighted by atomic mass is 9.95. The lowest BCUT2D eigenvalue weighted by Crippen LogP contribution is -2.22. The Bertz CT molecular complexity index is 750. The van der Waals surface area contributed by atoms with Crippen LogP contribution >= 0.6 is 0 Å². The summed E-state index contributed by atoms with van der Waals surface area (Å²) in [5.74, 6) is -0.322. The van der Waals surface area contributed by atoms with Gasteiger partial charge in [-0.15, -0.1) is 0 Å². The van der Waals surface area contributed by atoms with Crippen molar-refractivity contribution in [3.05, 3.63) is 53.9 Å². The number of pyridine rings is 1. The largest absolute Gasteiger partial charge is 0.381 e. The van der Waals surface area contributed by atoms with Crippen molar-refractivity contribution in [2.75, 3.05) is 10.6 Å². The number of carbonyl (C=O) groups excluding carboxylic acids is 2. The molecule has 0 atom stereocenters. The first-order valence-electron chi connectivity index (χ1n) is 8.77. The molecule has 2 aromatic rings. The van der Waals surface area contributed by atoms with E-state index in [1.807, 2.05) is 6.07 Å². The number of hydrogen-bond acceptors (Lipinski definition) is 4. The van der Waals surface area contributed by atoms with Gasteiger partial charge in [0.25, 0.3) is 5.91 Å². The molecule has 25 heavy (non-hydrogen) atoms. The fraction of sp³-hybridized carbons (Fsp3) is 0.350. The zero-order valence-corrected chi connectivity index (χ0v) is 14.4. The van der Waals surface area contributed by atoms with Gasteiger partial charge in [0.1, 0.15) is 5.69 Å². The lowest BCUT2D eigenvalue weighted by Gasteiger charge is -2.23. The third kappa shape index (κ3) is 4.66. The Labute approximate surface area is 147 Å². The second-order valence-electron chi connectivity index (χ2n) is 6.50. The monoisotopic (exact) mass is 337 g/mol. The highest BCUT2D eigenvalue weighted by molar-refractivity contribution is 6.04. The molecule has 0 bridgehead atoms. The SMILES string of the molecule is CC(=O)c1cccc(NC(=O)c2ccc(NC3CCCCC3)cn2)c1. The van der Waals surface area contributed by atoms with Crippen molar-refractivity contribution in [2.24, 2.45) is 0 Å². The van der Waals surface area contributed by atoms with E-state index in [-0.39, 0.29) is 11.7 Å². The molecule has 0 unspecified atom stereocenters. The van der Waals surface area contributed by atoms with Gasteiger partial charge in [-0.3, -0.25) is 9.59 Å². The number of ketones is 1. The highest BCUT2D eigenvalue weighted by Crippen LogP contribution is 2.21. The Morgan fingerprint density at radius 3 is 2.52 bits per heavy atom. The number of benzene rings is 1. The van der Waals surface area contributed by atoms with Crippen molar-refractivity contribution in [3.63, 3.8) is 0 Å². The Morgan fingerprint density at radius 2 is 1.84 bits per heavy atom. The molecule has 3 rings (SSSR count). The second-order valence-corrected chi connectivity index (χ2v) is 6.50. The normalized spacial score (nSPS) is 14.8. The number of anilines is 2. The van der Waals surface area contributed by atoms with Gasteiger partial charge in [0.15, 0.2) is 5.78 Å². The van der Waals surface area contributed by atoms with E-state index >= 15 is 0 Å². The highest BCUT2D eigenvalue weighted by atomic mass is 16.2. The van der Waals surface area contributed by atoms with Crippen molar-refractivity contribution in [1.82, 2.24) is 4.98 Å². The minimum atomic E-state index is -0.287. The van der Waals surface area contributed by atoms with Gasteiger partial charge in [0.05, 0.1) is 11.9 Å². The van der Waals surface area contributed by atoms with Crippen LogP contribution in [0.2, 0.25) is 0 Å². The first-order chi connectivity index (χ1) is 12.1. The molecule has 5 heteroatoms. The summed E-state index contributed by atoms with van der Waals surface area (Å²) in [4.78, 5) is 28.0. The fourth-order valence-corrected chi connectivity index (χ4v) is 3.11. The molecule has 2 N–H and O–H groups in total. The van der Waals surface area contributed by atoms with E-state index in [1.54, 1.807) is 36.5 Å². The molecule has 0 radical (unpaired) electrons. The zero-order chi connectivity index (χ0) is 17.6. The summed E-state index contributed by atoms with van der Waals surface area (Å²) in [6, 6.07) is 11.0. The molecule has 1 saturated carbocycles. The summed E-state index contributed by atoms with van der Waals surface area (Å²) in [6.45, 7) is 1.50. The number of aromatic nitrogens is 1. The third-order valence-corrected chi connectivity index (χ3v) is 4.50. The fourth-order valence-electron chi connectivity index (χ4n) is 3.11. The van der Waals surface area contributed by atoms with Crippen LogP contribution < -0.4 is 10.6 Å². The summed E-state index contributed by atoms with van der Waals surface area (Å²) >= 11 is 0. The van der Waals surface area contributed by atoms with Crippen molar-refractivity contribution in [2.45, 2.75) is 45.1 Å². The molecule has 0 spiro atoms. The standard InChI is InChI=1S/C20H23N3O2/c1-14(24)15-6-5-9-17(12-15)23-20(25)19-11-10-18(13-21-19)22-16-7-3-2-4-8-16/h5-6,9-13,16,22H,2-4,7-8H2,1H3,(H,23,25). The molecule has 1 aromatic carbocycles. The van der Waals surface area contributed by atoms with Gasteiger partial charge in [-0.2, -0.15) is 0 Å². The van der Waals surface area contributed by atoms with Crippen LogP contribution in [0.1, 0.15) is 59.9 Å². The van der Waals surface area contributed by atoms with Gasteiger partial charge in [-0.1, -0.05) is 31.4 Å². The van der Waals surface area contributed by atoms with Crippen LogP contribution in [0.5, 0.6) is 0 Å². The summed E-state index contributed by atoms with van der Waals surface area (Å²) < 4.78 is 0. The highest BCUT2D eigenvalue weighted by Gasteiger charge is 2.14. The summed E-state index contributed by atoms with van der Waals surface area (Å²) in [5, 5.41) is 6.27. The van der Waals surface area contributed by atoms with Crippen LogP contribution in [0.25, 0.3) is 0 Å². The van der Waals surface area contributed by atoms with Crippen LogP contribution in [0, 0.1) is 0 Å². The predicted molar refractivity (Wildman–Crippen MR) is 99.1 cm³/mol. The molecule has 1 fully saturated rings. The molecule has 0 aliphatic heterocycles. The van der Waals surface area contributed by atoms with E-state index in [0.717, 1.165) is 5.69 Å². The second kappa shape index (κ2) is 7.92. The molecule has 0 saturated heterocycles. The third-order valence-electron chi connectivity index (χ3n) is 4.50. The molecular formula is C20H23N3O2. The van der Waals surface area contributed by atoms with Gasteiger partial charge in [-0.05, 0) is 44.0 Å². The van der Waals surface area contributed by atoms with Gasteiger partial charge in [0, 0.05) is 17.3 Å². The topological polar surface area (TPSA) is 71.1 Å². The van der Waals surface area contributed by atoms with Crippen LogP contribution in [0.4, 0.5) is 11.4 Å². The van der Waals surface area contributed by atoms with Crippen LogP contribution in [-0.4, -0.2) is 22.7 Å². The number of hydrogen-bond donors (Lipinski definition) is 2. The Balaban J connectivity index is 1.62. The smallest absolute Gasteiger partial charge is 0.274 e. The summed E-state index contributed by atoms with van der Waals surface area (Å²) in [6.07, 6.45) is 7.94. The number of Topliss-reactive ketones (excluding diaryl/α,β-unsaturated/α-hetero) is 1. The first-order valence-corrected chi connectivity index (χ1v) is 8.77. The molecule has 1 aromatic heterocycles. The Hall–Kier alpha value is -2.69. The number of rotatable bonds is 5. The van der Waals surface area contributed by atoms with Gasteiger partial charge < -0.3 is 10.6 Å². The number of nitrogens with zero attached hydrogens (tertiary/aromatic N) is 1. The van der Waals surface area contributed by atoms with E-state index < -0.39 is 0 Å². The number of amides is 1. The molecule has 130 valence electrons. The number of carbonyl (C=O) groups is 2. The van der Waals surface area contributed by atoms with Crippen molar-refractivity contribution in [1.29, 1.82) is 0 Å². The van der Waals surface area contributed by atoms with Crippen LogP contribution in [0.15, 0.2) is 42.6 Å². The van der Waals surface area contributed by atoms with Gasteiger partial charge in [0.2, 0.25) is 0 Å². The maximum atomic E-state index is 12.3. The average molecular weight is 337 g/mol. The lowest BCUT2D eigenvalue weighted by molar-refractivity contribution is 0.100. The zero-order valence-electron chi connectivity index (χ0n) is 14.4. The Morgan fingerprint density at radius 1 is 1.04 bits per heavy atom. The van der Waals surface area contributed by atoms with Crippen molar-refractivity contribution in [3.8, 4) is 0 Å². The average Bonchev–Trinajstić information content (AvgIpc) is 2.63. The van der Waals surface area contributed by atoms with Crippen LogP contribution in [-0.2, 0) is 0 Å². The minimum absolute atomic E-state index is 0.0348. The van der Waals surface area contributed by atoms with Gasteiger partial charge in [-0.25, -0.2) is 4.98 Å². The molecule has 1 amide bonds. The molecular weight excluding hydrogens is 314 g/mol. The van der Waals surface area contributed by atoms with Crippen LogP contribution in [0.3, 0.4) is 0 Å². The molecule has 5 nitrogen and oxygen atoms in total. The van der Waals surface area contributed by atoms with E-state index in [1.165, 1.54) is 39.0 Å². The van der Waals surface area contributed by atoms with E-state index in [4.69, 9.17) is 0 Å². The van der Waals surface area contributed by atoms with E-state index in [0.29, 0.717) is 23.0 Å². The maximum absolute atomic E-state index is 12.3. The van der Waals surface area contributed by atoms with E-state index in [2.05, 4.69) is 15.6 Å². The molecule has 1 aliphatic rings. The predicted octanol–water partition coefficient (Wildman–Crippen LogP) is 4.28. The summed E-state index contributed by atoms with van der Waals surface area (Å²) in [5.41, 5.74) is 2.45. The van der Waals surface area contributed by atoms with Gasteiger partial charge >= 0.3 is 0 Å². The number of nitrogens with one attached hydrogen (secondary N) is 2. The maximum Gasteiger partial charge on any atom is 0.274 e. The minimum Gasteiger partial charge on any atom is -0.381 e. The molecule has 1 heterocycles. The quantitative estimate of drug-likeness (QED) is 0.799. The summed E-state index contributed by atoms with van der Waals surface area (Å²) in [7, 11) is 0. The first kappa shape index (κ1) is 17.1. The Kier molecular flexibility index (Phi) is 5.43. The van der Waals surface area contributed by atoms with E-state index in [9.17, 15) is 9.59 Å². The van der Waals surface area contributed by atoms with Crippen molar-refractivity contribution < 1.29 is 9.59 Å².